The van der Waals surface area contributed by atoms with Crippen molar-refractivity contribution in [3.63, 3.8) is 0 Å². The van der Waals surface area contributed by atoms with Gasteiger partial charge in [0, 0.05) is 6.42 Å². The smallest absolute Gasteiger partial charge is 0.282 e. The lowest BCUT2D eigenvalue weighted by Gasteiger charge is -2.40. The van der Waals surface area contributed by atoms with Gasteiger partial charge >= 0.3 is 0 Å². The van der Waals surface area contributed by atoms with Crippen molar-refractivity contribution in [1.29, 1.82) is 5.26 Å². The number of anilines is 1. The summed E-state index contributed by atoms with van der Waals surface area (Å²) in [5, 5.41) is 9.40. The van der Waals surface area contributed by atoms with Gasteiger partial charge in [0.1, 0.15) is 11.1 Å². The zero-order chi connectivity index (χ0) is 15.7. The van der Waals surface area contributed by atoms with Crippen molar-refractivity contribution in [3.05, 3.63) is 16.0 Å². The normalized spacial score (nSPS) is 23.6. The SMILES string of the molecule is CC.CC(C)C1(C)CCC(F)(F)c2sc(N)c(C#N)c21. The number of rotatable bonds is 1. The summed E-state index contributed by atoms with van der Waals surface area (Å²) in [4.78, 5) is -0.000926. The minimum Gasteiger partial charge on any atom is -0.389 e. The molecule has 2 nitrogen and oxygen atoms in total. The second-order valence-electron chi connectivity index (χ2n) is 5.43. The molecule has 0 aromatic carbocycles. The Morgan fingerprint density at radius 2 is 1.85 bits per heavy atom. The number of nitrogens with zero attached hydrogens (tertiary/aromatic N) is 1. The van der Waals surface area contributed by atoms with Crippen molar-refractivity contribution >= 4 is 16.3 Å². The van der Waals surface area contributed by atoms with Gasteiger partial charge < -0.3 is 5.73 Å². The van der Waals surface area contributed by atoms with Crippen LogP contribution in [-0.2, 0) is 11.3 Å². The summed E-state index contributed by atoms with van der Waals surface area (Å²) in [7, 11) is 0. The first kappa shape index (κ1) is 16.9. The highest BCUT2D eigenvalue weighted by atomic mass is 32.1. The molecule has 1 unspecified atom stereocenters. The maximum absolute atomic E-state index is 14.0. The van der Waals surface area contributed by atoms with E-state index >= 15 is 0 Å². The molecule has 0 radical (unpaired) electrons. The van der Waals surface area contributed by atoms with Crippen LogP contribution in [-0.4, -0.2) is 0 Å². The van der Waals surface area contributed by atoms with Crippen molar-refractivity contribution in [2.45, 2.75) is 58.8 Å². The zero-order valence-electron chi connectivity index (χ0n) is 12.7. The number of halogens is 2. The third kappa shape index (κ3) is 2.42. The fraction of sp³-hybridized carbons (Fsp3) is 0.667. The number of hydrogen-bond acceptors (Lipinski definition) is 3. The topological polar surface area (TPSA) is 49.8 Å². The van der Waals surface area contributed by atoms with Gasteiger partial charge in [-0.1, -0.05) is 34.6 Å². The molecule has 2 rings (SSSR count). The second kappa shape index (κ2) is 5.69. The molecule has 1 aromatic heterocycles. The molecule has 0 saturated heterocycles. The van der Waals surface area contributed by atoms with Gasteiger partial charge in [-0.05, 0) is 23.3 Å². The molecular formula is C15H22F2N2S. The quantitative estimate of drug-likeness (QED) is 0.791. The number of thiophene rings is 1. The second-order valence-corrected chi connectivity index (χ2v) is 6.49. The fourth-order valence-electron chi connectivity index (χ4n) is 2.59. The summed E-state index contributed by atoms with van der Waals surface area (Å²) in [6.07, 6.45) is 0.217. The third-order valence-corrected chi connectivity index (χ3v) is 5.31. The van der Waals surface area contributed by atoms with Crippen molar-refractivity contribution < 1.29 is 8.78 Å². The lowest BCUT2D eigenvalue weighted by molar-refractivity contribution is -0.0315. The van der Waals surface area contributed by atoms with Crippen molar-refractivity contribution in [1.82, 2.24) is 0 Å². The molecular weight excluding hydrogens is 278 g/mol. The lowest BCUT2D eigenvalue weighted by Crippen LogP contribution is -2.37. The standard InChI is InChI=1S/C13H16F2N2S.C2H6/c1-7(2)12(3)4-5-13(14,15)10-9(12)8(6-16)11(17)18-10;1-2/h7H,4-5,17H2,1-3H3;1-2H3. The zero-order valence-corrected chi connectivity index (χ0v) is 13.5. The Labute approximate surface area is 123 Å². The van der Waals surface area contributed by atoms with Crippen LogP contribution in [0.3, 0.4) is 0 Å². The number of nitrogen functional groups attached to an aromatic ring is 1. The van der Waals surface area contributed by atoms with Gasteiger partial charge in [-0.25, -0.2) is 8.78 Å². The molecule has 1 atom stereocenters. The molecule has 0 spiro atoms. The largest absolute Gasteiger partial charge is 0.389 e. The van der Waals surface area contributed by atoms with Crippen LogP contribution in [0.2, 0.25) is 0 Å². The van der Waals surface area contributed by atoms with Gasteiger partial charge in [0.2, 0.25) is 0 Å². The van der Waals surface area contributed by atoms with E-state index in [0.717, 1.165) is 11.3 Å². The summed E-state index contributed by atoms with van der Waals surface area (Å²) in [6, 6.07) is 2.00. The third-order valence-electron chi connectivity index (χ3n) is 4.18. The van der Waals surface area contributed by atoms with Crippen LogP contribution in [0.15, 0.2) is 0 Å². The predicted molar refractivity (Wildman–Crippen MR) is 80.1 cm³/mol. The monoisotopic (exact) mass is 300 g/mol. The highest BCUT2D eigenvalue weighted by Crippen LogP contribution is 2.56. The summed E-state index contributed by atoms with van der Waals surface area (Å²) < 4.78 is 28.0. The van der Waals surface area contributed by atoms with Crippen LogP contribution in [0.1, 0.15) is 63.5 Å². The Hall–Kier alpha value is -1.15. The molecule has 0 bridgehead atoms. The summed E-state index contributed by atoms with van der Waals surface area (Å²) in [6.45, 7) is 9.96. The molecule has 1 aliphatic carbocycles. The van der Waals surface area contributed by atoms with Crippen molar-refractivity contribution in [2.24, 2.45) is 5.92 Å². The molecule has 0 aliphatic heterocycles. The number of hydrogen-bond donors (Lipinski definition) is 1. The molecule has 1 heterocycles. The molecule has 20 heavy (non-hydrogen) atoms. The van der Waals surface area contributed by atoms with Crippen molar-refractivity contribution in [3.8, 4) is 6.07 Å². The molecule has 2 N–H and O–H groups in total. The molecule has 1 aromatic rings. The first-order chi connectivity index (χ1) is 9.24. The van der Waals surface area contributed by atoms with Crippen LogP contribution in [0.4, 0.5) is 13.8 Å². The number of nitrogens with two attached hydrogens (primary N) is 1. The Balaban J connectivity index is 0.000000956. The Kier molecular flexibility index (Phi) is 4.81. The van der Waals surface area contributed by atoms with Crippen LogP contribution in [0.25, 0.3) is 0 Å². The molecule has 0 amide bonds. The van der Waals surface area contributed by atoms with E-state index < -0.39 is 11.3 Å². The summed E-state index contributed by atoms with van der Waals surface area (Å²) >= 11 is 0.873. The Morgan fingerprint density at radius 1 is 1.30 bits per heavy atom. The van der Waals surface area contributed by atoms with Gasteiger partial charge in [-0.3, -0.25) is 0 Å². The van der Waals surface area contributed by atoms with E-state index in [2.05, 4.69) is 0 Å². The van der Waals surface area contributed by atoms with Gasteiger partial charge in [-0.2, -0.15) is 5.26 Å². The van der Waals surface area contributed by atoms with E-state index in [-0.39, 0.29) is 27.8 Å². The average molecular weight is 300 g/mol. The first-order valence-corrected chi connectivity index (χ1v) is 7.77. The van der Waals surface area contributed by atoms with Crippen molar-refractivity contribution in [2.75, 3.05) is 5.73 Å². The van der Waals surface area contributed by atoms with Gasteiger partial charge in [0.25, 0.3) is 5.92 Å². The van der Waals surface area contributed by atoms with E-state index in [4.69, 9.17) is 5.73 Å². The van der Waals surface area contributed by atoms with Crippen LogP contribution in [0, 0.1) is 17.2 Å². The minimum absolute atomic E-state index is 0.000926. The predicted octanol–water partition coefficient (Wildman–Crippen LogP) is 5.03. The molecule has 1 aliphatic rings. The molecule has 0 fully saturated rings. The highest BCUT2D eigenvalue weighted by Gasteiger charge is 2.50. The first-order valence-electron chi connectivity index (χ1n) is 6.95. The molecule has 5 heteroatoms. The van der Waals surface area contributed by atoms with E-state index in [0.29, 0.717) is 12.0 Å². The fourth-order valence-corrected chi connectivity index (χ4v) is 3.75. The van der Waals surface area contributed by atoms with Gasteiger partial charge in [0.15, 0.2) is 0 Å². The summed E-state index contributed by atoms with van der Waals surface area (Å²) in [5.74, 6) is -2.66. The minimum atomic E-state index is -2.85. The number of nitriles is 1. The Bertz CT molecular complexity index is 529. The molecule has 0 saturated carbocycles. The number of fused-ring (bicyclic) bond motifs is 1. The molecule has 112 valence electrons. The Morgan fingerprint density at radius 3 is 2.30 bits per heavy atom. The maximum Gasteiger partial charge on any atom is 0.282 e. The maximum atomic E-state index is 14.0. The summed E-state index contributed by atoms with van der Waals surface area (Å²) in [5.41, 5.74) is 6.08. The average Bonchev–Trinajstić information content (AvgIpc) is 2.75. The van der Waals surface area contributed by atoms with E-state index in [1.165, 1.54) is 0 Å². The van der Waals surface area contributed by atoms with E-state index in [9.17, 15) is 14.0 Å². The van der Waals surface area contributed by atoms with E-state index in [1.54, 1.807) is 0 Å². The van der Waals surface area contributed by atoms with Crippen LogP contribution in [0.5, 0.6) is 0 Å². The van der Waals surface area contributed by atoms with Gasteiger partial charge in [-0.15, -0.1) is 11.3 Å². The lowest BCUT2D eigenvalue weighted by atomic mass is 9.65. The van der Waals surface area contributed by atoms with Crippen LogP contribution < -0.4 is 5.73 Å². The van der Waals surface area contributed by atoms with Gasteiger partial charge in [0.05, 0.1) is 10.4 Å². The highest BCUT2D eigenvalue weighted by molar-refractivity contribution is 7.16. The van der Waals surface area contributed by atoms with E-state index in [1.807, 2.05) is 40.7 Å². The number of alkyl halides is 2. The van der Waals surface area contributed by atoms with Crippen LogP contribution >= 0.6 is 11.3 Å².